The molecule has 0 aromatic rings. The highest BCUT2D eigenvalue weighted by Gasteiger charge is 2.34. The minimum Gasteiger partial charge on any atom is -0.126 e. The maximum atomic E-state index is 5.77. The average molecular weight is 143 g/mol. The molecule has 0 heterocycles. The third-order valence-electron chi connectivity index (χ3n) is 2.61. The Kier molecular flexibility index (Phi) is 1.30. The molecule has 0 aromatic carbocycles. The van der Waals surface area contributed by atoms with E-state index in [2.05, 4.69) is 12.2 Å². The van der Waals surface area contributed by atoms with E-state index in [-0.39, 0.29) is 0 Å². The minimum absolute atomic E-state index is 0.807. The highest BCUT2D eigenvalue weighted by atomic mass is 35.5. The lowest BCUT2D eigenvalue weighted by Crippen LogP contribution is -2.07. The first-order valence-electron chi connectivity index (χ1n) is 3.64. The molecular weight excluding hydrogens is 132 g/mol. The molecule has 1 heteroatoms. The van der Waals surface area contributed by atoms with Crippen LogP contribution in [-0.2, 0) is 0 Å². The second-order valence-electron chi connectivity index (χ2n) is 3.19. The second kappa shape index (κ2) is 2.02. The summed E-state index contributed by atoms with van der Waals surface area (Å²) in [6, 6.07) is 0. The van der Waals surface area contributed by atoms with Gasteiger partial charge in [0.05, 0.1) is 0 Å². The highest BCUT2D eigenvalue weighted by Crippen LogP contribution is 2.43. The summed E-state index contributed by atoms with van der Waals surface area (Å²) in [7, 11) is 0. The Bertz CT molecular complexity index is 140. The molecule has 9 heavy (non-hydrogen) atoms. The van der Waals surface area contributed by atoms with E-state index in [9.17, 15) is 0 Å². The molecular formula is C8H11Cl. The monoisotopic (exact) mass is 142 g/mol. The number of rotatable bonds is 1. The standard InChI is InChI=1S/C8H11Cl/c9-5-8-4-6-1-2-7(8)3-6/h1-2,6-8H,3-5H2/t6-,7+,8-/m0/s1. The van der Waals surface area contributed by atoms with Crippen LogP contribution in [0.25, 0.3) is 0 Å². The van der Waals surface area contributed by atoms with Crippen LogP contribution in [0.2, 0.25) is 0 Å². The van der Waals surface area contributed by atoms with Crippen molar-refractivity contribution in [1.82, 2.24) is 0 Å². The van der Waals surface area contributed by atoms with Crippen molar-refractivity contribution < 1.29 is 0 Å². The quantitative estimate of drug-likeness (QED) is 0.390. The van der Waals surface area contributed by atoms with Gasteiger partial charge in [-0.1, -0.05) is 12.2 Å². The molecule has 50 valence electrons. The molecule has 2 aliphatic rings. The molecule has 0 N–H and O–H groups in total. The zero-order valence-electron chi connectivity index (χ0n) is 5.39. The number of fused-ring (bicyclic) bond motifs is 2. The van der Waals surface area contributed by atoms with Crippen LogP contribution in [0.1, 0.15) is 12.8 Å². The Labute approximate surface area is 60.9 Å². The minimum atomic E-state index is 0.807. The highest BCUT2D eigenvalue weighted by molar-refractivity contribution is 6.18. The maximum Gasteiger partial charge on any atom is 0.0257 e. The largest absolute Gasteiger partial charge is 0.126 e. The zero-order valence-corrected chi connectivity index (χ0v) is 6.14. The van der Waals surface area contributed by atoms with E-state index in [1.807, 2.05) is 0 Å². The van der Waals surface area contributed by atoms with Gasteiger partial charge in [0.25, 0.3) is 0 Å². The normalized spacial score (nSPS) is 46.6. The summed E-state index contributed by atoms with van der Waals surface area (Å²) in [5.41, 5.74) is 0. The SMILES string of the molecule is ClC[C@@H]1C[C@H]2C=C[C@@H]1C2. The lowest BCUT2D eigenvalue weighted by molar-refractivity contribution is 0.499. The van der Waals surface area contributed by atoms with E-state index in [0.29, 0.717) is 0 Å². The molecule has 0 unspecified atom stereocenters. The van der Waals surface area contributed by atoms with Crippen LogP contribution in [0, 0.1) is 17.8 Å². The van der Waals surface area contributed by atoms with Gasteiger partial charge >= 0.3 is 0 Å². The predicted molar refractivity (Wildman–Crippen MR) is 39.6 cm³/mol. The van der Waals surface area contributed by atoms with Crippen LogP contribution < -0.4 is 0 Å². The Morgan fingerprint density at radius 2 is 2.22 bits per heavy atom. The van der Waals surface area contributed by atoms with Gasteiger partial charge in [-0.2, -0.15) is 0 Å². The van der Waals surface area contributed by atoms with Crippen LogP contribution >= 0.6 is 11.6 Å². The molecule has 1 fully saturated rings. The molecule has 0 spiro atoms. The van der Waals surface area contributed by atoms with Crippen molar-refractivity contribution >= 4 is 11.6 Å². The molecule has 2 bridgehead atoms. The van der Waals surface area contributed by atoms with Gasteiger partial charge in [-0.25, -0.2) is 0 Å². The number of alkyl halides is 1. The van der Waals surface area contributed by atoms with Crippen LogP contribution in [0.3, 0.4) is 0 Å². The molecule has 2 rings (SSSR count). The summed E-state index contributed by atoms with van der Waals surface area (Å²) in [6.07, 6.45) is 7.44. The molecule has 0 nitrogen and oxygen atoms in total. The Morgan fingerprint density at radius 3 is 2.56 bits per heavy atom. The molecule has 3 atom stereocenters. The molecule has 0 aromatic heterocycles. The van der Waals surface area contributed by atoms with Crippen LogP contribution in [0.15, 0.2) is 12.2 Å². The first kappa shape index (κ1) is 5.79. The fourth-order valence-electron chi connectivity index (χ4n) is 2.07. The van der Waals surface area contributed by atoms with E-state index >= 15 is 0 Å². The van der Waals surface area contributed by atoms with E-state index in [0.717, 1.165) is 23.6 Å². The van der Waals surface area contributed by atoms with Crippen molar-refractivity contribution in [2.45, 2.75) is 12.8 Å². The van der Waals surface area contributed by atoms with Crippen LogP contribution in [-0.4, -0.2) is 5.88 Å². The van der Waals surface area contributed by atoms with Crippen molar-refractivity contribution in [3.63, 3.8) is 0 Å². The lowest BCUT2D eigenvalue weighted by atomic mass is 9.96. The number of allylic oxidation sites excluding steroid dienone is 2. The van der Waals surface area contributed by atoms with E-state index in [1.165, 1.54) is 12.8 Å². The van der Waals surface area contributed by atoms with Gasteiger partial charge in [0.2, 0.25) is 0 Å². The Hall–Kier alpha value is 0.0300. The maximum absolute atomic E-state index is 5.77. The van der Waals surface area contributed by atoms with Crippen LogP contribution in [0.4, 0.5) is 0 Å². The zero-order chi connectivity index (χ0) is 6.27. The van der Waals surface area contributed by atoms with Gasteiger partial charge in [-0.3, -0.25) is 0 Å². The second-order valence-corrected chi connectivity index (χ2v) is 3.50. The third-order valence-corrected chi connectivity index (χ3v) is 3.01. The summed E-state index contributed by atoms with van der Waals surface area (Å²) in [5, 5.41) is 0. The van der Waals surface area contributed by atoms with Crippen molar-refractivity contribution in [2.24, 2.45) is 17.8 Å². The number of halogens is 1. The summed E-state index contributed by atoms with van der Waals surface area (Å²) >= 11 is 5.77. The van der Waals surface area contributed by atoms with E-state index in [1.54, 1.807) is 0 Å². The van der Waals surface area contributed by atoms with Gasteiger partial charge in [0.15, 0.2) is 0 Å². The first-order chi connectivity index (χ1) is 4.40. The number of hydrogen-bond acceptors (Lipinski definition) is 0. The van der Waals surface area contributed by atoms with E-state index < -0.39 is 0 Å². The van der Waals surface area contributed by atoms with Crippen molar-refractivity contribution in [3.8, 4) is 0 Å². The summed E-state index contributed by atoms with van der Waals surface area (Å²) < 4.78 is 0. The Morgan fingerprint density at radius 1 is 1.33 bits per heavy atom. The first-order valence-corrected chi connectivity index (χ1v) is 4.18. The van der Waals surface area contributed by atoms with Crippen LogP contribution in [0.5, 0.6) is 0 Å². The smallest absolute Gasteiger partial charge is 0.0257 e. The molecule has 0 amide bonds. The van der Waals surface area contributed by atoms with Gasteiger partial charge in [-0.15, -0.1) is 11.6 Å². The summed E-state index contributed by atoms with van der Waals surface area (Å²) in [6.45, 7) is 0. The molecule has 2 aliphatic carbocycles. The average Bonchev–Trinajstić information content (AvgIpc) is 2.45. The van der Waals surface area contributed by atoms with Gasteiger partial charge in [-0.05, 0) is 30.6 Å². The summed E-state index contributed by atoms with van der Waals surface area (Å²) in [4.78, 5) is 0. The Balaban J connectivity index is 2.10. The van der Waals surface area contributed by atoms with Crippen molar-refractivity contribution in [2.75, 3.05) is 5.88 Å². The molecule has 0 radical (unpaired) electrons. The van der Waals surface area contributed by atoms with Gasteiger partial charge in [0, 0.05) is 5.88 Å². The summed E-state index contributed by atoms with van der Waals surface area (Å²) in [5.74, 6) is 3.40. The van der Waals surface area contributed by atoms with Gasteiger partial charge in [0.1, 0.15) is 0 Å². The van der Waals surface area contributed by atoms with E-state index in [4.69, 9.17) is 11.6 Å². The predicted octanol–water partition coefficient (Wildman–Crippen LogP) is 2.44. The van der Waals surface area contributed by atoms with Gasteiger partial charge < -0.3 is 0 Å². The molecule has 1 saturated carbocycles. The third kappa shape index (κ3) is 0.806. The van der Waals surface area contributed by atoms with Crippen molar-refractivity contribution in [3.05, 3.63) is 12.2 Å². The fourth-order valence-corrected chi connectivity index (χ4v) is 2.43. The fraction of sp³-hybridized carbons (Fsp3) is 0.750. The van der Waals surface area contributed by atoms with Crippen molar-refractivity contribution in [1.29, 1.82) is 0 Å². The molecule has 0 aliphatic heterocycles. The lowest BCUT2D eigenvalue weighted by Gasteiger charge is -2.13. The number of hydrogen-bond donors (Lipinski definition) is 0. The topological polar surface area (TPSA) is 0 Å². The molecule has 0 saturated heterocycles.